The number of hydrogen-bond acceptors (Lipinski definition) is 2. The van der Waals surface area contributed by atoms with Gasteiger partial charge in [0.25, 0.3) is 0 Å². The zero-order valence-corrected chi connectivity index (χ0v) is 12.9. The van der Waals surface area contributed by atoms with Gasteiger partial charge in [-0.1, -0.05) is 26.7 Å². The molecule has 1 saturated carbocycles. The first-order valence-corrected chi connectivity index (χ1v) is 7.91. The Bertz CT molecular complexity index is 397. The molecule has 1 aliphatic carbocycles. The van der Waals surface area contributed by atoms with Crippen LogP contribution < -0.4 is 5.32 Å². The molecule has 0 aliphatic heterocycles. The van der Waals surface area contributed by atoms with Crippen LogP contribution in [0.5, 0.6) is 0 Å². The molecule has 108 valence electrons. The molecule has 0 spiro atoms. The molecule has 0 amide bonds. The summed E-state index contributed by atoms with van der Waals surface area (Å²) in [5.74, 6) is 0.883. The Hall–Kier alpha value is -0.830. The predicted molar refractivity (Wildman–Crippen MR) is 80.5 cm³/mol. The molecule has 1 heterocycles. The molecule has 0 aromatic carbocycles. The van der Waals surface area contributed by atoms with Crippen molar-refractivity contribution in [2.75, 3.05) is 6.54 Å². The summed E-state index contributed by atoms with van der Waals surface area (Å²) in [7, 11) is 0. The molecule has 1 aromatic rings. The monoisotopic (exact) mass is 263 g/mol. The Morgan fingerprint density at radius 3 is 2.68 bits per heavy atom. The molecule has 0 bridgehead atoms. The molecule has 0 radical (unpaired) electrons. The van der Waals surface area contributed by atoms with Crippen LogP contribution in [0.15, 0.2) is 6.07 Å². The molecule has 3 heteroatoms. The minimum Gasteiger partial charge on any atom is -0.312 e. The first-order valence-electron chi connectivity index (χ1n) is 7.91. The van der Waals surface area contributed by atoms with E-state index in [1.807, 2.05) is 0 Å². The van der Waals surface area contributed by atoms with Crippen LogP contribution >= 0.6 is 0 Å². The molecule has 19 heavy (non-hydrogen) atoms. The number of nitrogens with zero attached hydrogens (tertiary/aromatic N) is 2. The second kappa shape index (κ2) is 6.56. The maximum atomic E-state index is 4.74. The maximum Gasteiger partial charge on any atom is 0.0677 e. The molecule has 2 rings (SSSR count). The molecule has 1 aliphatic rings. The number of likely N-dealkylation sites (N-methyl/N-ethyl adjacent to an activating group) is 1. The summed E-state index contributed by atoms with van der Waals surface area (Å²) in [6.45, 7) is 9.84. The van der Waals surface area contributed by atoms with E-state index in [-0.39, 0.29) is 0 Å². The Balaban J connectivity index is 2.17. The molecule has 3 atom stereocenters. The molecular weight excluding hydrogens is 234 g/mol. The highest BCUT2D eigenvalue weighted by molar-refractivity contribution is 5.09. The number of aryl methyl sites for hydroxylation is 2. The van der Waals surface area contributed by atoms with Crippen LogP contribution in [0.2, 0.25) is 0 Å². The highest BCUT2D eigenvalue weighted by Crippen LogP contribution is 2.35. The average molecular weight is 263 g/mol. The van der Waals surface area contributed by atoms with Gasteiger partial charge in [0.05, 0.1) is 11.7 Å². The van der Waals surface area contributed by atoms with E-state index in [4.69, 9.17) is 5.10 Å². The number of hydrogen-bond donors (Lipinski definition) is 1. The normalized spacial score (nSPS) is 27.7. The average Bonchev–Trinajstić information content (AvgIpc) is 2.71. The van der Waals surface area contributed by atoms with Gasteiger partial charge in [0, 0.05) is 11.7 Å². The SMILES string of the molecule is CCCC1CCC(NCC)C(n2nc(C)cc2C)C1. The van der Waals surface area contributed by atoms with Gasteiger partial charge in [-0.3, -0.25) is 4.68 Å². The summed E-state index contributed by atoms with van der Waals surface area (Å²) < 4.78 is 2.28. The van der Waals surface area contributed by atoms with E-state index in [1.165, 1.54) is 37.8 Å². The Kier molecular flexibility index (Phi) is 5.03. The van der Waals surface area contributed by atoms with Crippen molar-refractivity contribution in [3.63, 3.8) is 0 Å². The minimum atomic E-state index is 0.541. The van der Waals surface area contributed by atoms with E-state index in [1.54, 1.807) is 0 Å². The predicted octanol–water partition coefficient (Wildman–Crippen LogP) is 3.62. The lowest BCUT2D eigenvalue weighted by Gasteiger charge is -2.37. The third-order valence-corrected chi connectivity index (χ3v) is 4.45. The lowest BCUT2D eigenvalue weighted by Crippen LogP contribution is -2.42. The van der Waals surface area contributed by atoms with Crippen LogP contribution in [0.4, 0.5) is 0 Å². The fourth-order valence-corrected chi connectivity index (χ4v) is 3.65. The number of aromatic nitrogens is 2. The molecule has 3 nitrogen and oxygen atoms in total. The van der Waals surface area contributed by atoms with Gasteiger partial charge in [0.15, 0.2) is 0 Å². The third kappa shape index (κ3) is 3.38. The van der Waals surface area contributed by atoms with Crippen LogP contribution in [0.1, 0.15) is 63.4 Å². The lowest BCUT2D eigenvalue weighted by molar-refractivity contribution is 0.186. The van der Waals surface area contributed by atoms with E-state index in [2.05, 4.69) is 43.8 Å². The standard InChI is InChI=1S/C16H29N3/c1-5-7-14-8-9-15(17-6-2)16(11-14)19-13(4)10-12(3)18-19/h10,14-17H,5-9,11H2,1-4H3. The quantitative estimate of drug-likeness (QED) is 0.879. The van der Waals surface area contributed by atoms with Crippen LogP contribution in [0, 0.1) is 19.8 Å². The van der Waals surface area contributed by atoms with Crippen molar-refractivity contribution in [2.24, 2.45) is 5.92 Å². The minimum absolute atomic E-state index is 0.541. The third-order valence-electron chi connectivity index (χ3n) is 4.45. The van der Waals surface area contributed by atoms with Crippen LogP contribution in [-0.4, -0.2) is 22.4 Å². The van der Waals surface area contributed by atoms with Gasteiger partial charge in [-0.05, 0) is 51.6 Å². The maximum absolute atomic E-state index is 4.74. The second-order valence-corrected chi connectivity index (χ2v) is 6.07. The van der Waals surface area contributed by atoms with E-state index < -0.39 is 0 Å². The van der Waals surface area contributed by atoms with Crippen molar-refractivity contribution in [1.82, 2.24) is 15.1 Å². The fourth-order valence-electron chi connectivity index (χ4n) is 3.65. The van der Waals surface area contributed by atoms with Gasteiger partial charge in [0.1, 0.15) is 0 Å². The van der Waals surface area contributed by atoms with Crippen molar-refractivity contribution in [1.29, 1.82) is 0 Å². The first-order chi connectivity index (χ1) is 9.15. The Labute approximate surface area is 117 Å². The second-order valence-electron chi connectivity index (χ2n) is 6.07. The molecule has 0 saturated heterocycles. The van der Waals surface area contributed by atoms with Crippen molar-refractivity contribution in [3.05, 3.63) is 17.5 Å². The van der Waals surface area contributed by atoms with Crippen LogP contribution in [0.25, 0.3) is 0 Å². The summed E-state index contributed by atoms with van der Waals surface area (Å²) in [5.41, 5.74) is 2.45. The largest absolute Gasteiger partial charge is 0.312 e. The highest BCUT2D eigenvalue weighted by Gasteiger charge is 2.32. The van der Waals surface area contributed by atoms with Gasteiger partial charge in [-0.25, -0.2) is 0 Å². The Morgan fingerprint density at radius 2 is 2.11 bits per heavy atom. The van der Waals surface area contributed by atoms with Crippen molar-refractivity contribution in [3.8, 4) is 0 Å². The molecule has 1 N–H and O–H groups in total. The summed E-state index contributed by atoms with van der Waals surface area (Å²) in [5, 5.41) is 8.41. The molecule has 1 aromatic heterocycles. The van der Waals surface area contributed by atoms with Gasteiger partial charge >= 0.3 is 0 Å². The van der Waals surface area contributed by atoms with Gasteiger partial charge in [-0.15, -0.1) is 0 Å². The van der Waals surface area contributed by atoms with E-state index in [0.29, 0.717) is 12.1 Å². The van der Waals surface area contributed by atoms with Gasteiger partial charge in [0.2, 0.25) is 0 Å². The summed E-state index contributed by atoms with van der Waals surface area (Å²) in [6, 6.07) is 3.34. The first kappa shape index (κ1) is 14.6. The Morgan fingerprint density at radius 1 is 1.32 bits per heavy atom. The van der Waals surface area contributed by atoms with Gasteiger partial charge in [-0.2, -0.15) is 5.10 Å². The molecule has 3 unspecified atom stereocenters. The van der Waals surface area contributed by atoms with Gasteiger partial charge < -0.3 is 5.32 Å². The topological polar surface area (TPSA) is 29.9 Å². The summed E-state index contributed by atoms with van der Waals surface area (Å²) in [4.78, 5) is 0. The van der Waals surface area contributed by atoms with Crippen molar-refractivity contribution in [2.45, 2.75) is 71.9 Å². The van der Waals surface area contributed by atoms with E-state index in [9.17, 15) is 0 Å². The number of nitrogens with one attached hydrogen (secondary N) is 1. The summed E-state index contributed by atoms with van der Waals surface area (Å²) >= 11 is 0. The van der Waals surface area contributed by atoms with Crippen molar-refractivity contribution >= 4 is 0 Å². The summed E-state index contributed by atoms with van der Waals surface area (Å²) in [6.07, 6.45) is 6.63. The smallest absolute Gasteiger partial charge is 0.0677 e. The zero-order chi connectivity index (χ0) is 13.8. The molecular formula is C16H29N3. The number of rotatable bonds is 5. The van der Waals surface area contributed by atoms with Crippen molar-refractivity contribution < 1.29 is 0 Å². The van der Waals surface area contributed by atoms with E-state index in [0.717, 1.165) is 18.2 Å². The van der Waals surface area contributed by atoms with Crippen LogP contribution in [-0.2, 0) is 0 Å². The van der Waals surface area contributed by atoms with Crippen LogP contribution in [0.3, 0.4) is 0 Å². The zero-order valence-electron chi connectivity index (χ0n) is 12.9. The fraction of sp³-hybridized carbons (Fsp3) is 0.812. The highest BCUT2D eigenvalue weighted by atomic mass is 15.3. The molecule has 1 fully saturated rings. The lowest BCUT2D eigenvalue weighted by atomic mass is 9.80. The van der Waals surface area contributed by atoms with E-state index >= 15 is 0 Å².